The summed E-state index contributed by atoms with van der Waals surface area (Å²) in [5.74, 6) is 1.38. The van der Waals surface area contributed by atoms with Gasteiger partial charge in [-0.3, -0.25) is 14.5 Å². The molecule has 0 radical (unpaired) electrons. The summed E-state index contributed by atoms with van der Waals surface area (Å²) in [5.41, 5.74) is 0.764. The van der Waals surface area contributed by atoms with Crippen LogP contribution < -0.4 is 4.74 Å². The molecule has 1 aromatic rings. The lowest BCUT2D eigenvalue weighted by molar-refractivity contribution is -0.158. The number of benzene rings is 1. The van der Waals surface area contributed by atoms with Gasteiger partial charge in [-0.1, -0.05) is 25.0 Å². The van der Waals surface area contributed by atoms with E-state index in [0.717, 1.165) is 49.8 Å². The molecule has 4 rings (SSSR count). The van der Waals surface area contributed by atoms with E-state index in [9.17, 15) is 9.59 Å². The summed E-state index contributed by atoms with van der Waals surface area (Å²) in [4.78, 5) is 27.5. The van der Waals surface area contributed by atoms with Crippen LogP contribution in [0.1, 0.15) is 50.5 Å². The Morgan fingerprint density at radius 2 is 2.04 bits per heavy atom. The van der Waals surface area contributed by atoms with E-state index in [2.05, 4.69) is 6.07 Å². The highest BCUT2D eigenvalue weighted by molar-refractivity contribution is 6.01. The third-order valence-electron chi connectivity index (χ3n) is 6.15. The smallest absolute Gasteiger partial charge is 0.233 e. The van der Waals surface area contributed by atoms with Crippen LogP contribution >= 0.6 is 0 Å². The van der Waals surface area contributed by atoms with Crippen LogP contribution in [-0.4, -0.2) is 30.4 Å². The Morgan fingerprint density at radius 1 is 1.21 bits per heavy atom. The molecule has 1 aliphatic heterocycles. The molecule has 128 valence electrons. The molecular formula is C20H25NO3. The molecule has 0 unspecified atom stereocenters. The molecule has 0 bridgehead atoms. The molecule has 1 aromatic carbocycles. The van der Waals surface area contributed by atoms with Gasteiger partial charge in [0.15, 0.2) is 0 Å². The summed E-state index contributed by atoms with van der Waals surface area (Å²) in [6, 6.07) is 7.98. The van der Waals surface area contributed by atoms with Crippen molar-refractivity contribution in [3.63, 3.8) is 0 Å². The van der Waals surface area contributed by atoms with Crippen molar-refractivity contribution < 1.29 is 14.3 Å². The first-order valence-corrected chi connectivity index (χ1v) is 9.13. The molecule has 1 saturated heterocycles. The fourth-order valence-electron chi connectivity index (χ4n) is 4.62. The predicted molar refractivity (Wildman–Crippen MR) is 90.7 cm³/mol. The van der Waals surface area contributed by atoms with Crippen LogP contribution in [-0.2, 0) is 15.0 Å². The van der Waals surface area contributed by atoms with Crippen LogP contribution in [0.5, 0.6) is 5.75 Å². The number of nitrogens with zero attached hydrogens (tertiary/aromatic N) is 1. The zero-order valence-corrected chi connectivity index (χ0v) is 14.3. The van der Waals surface area contributed by atoms with Gasteiger partial charge in [0.1, 0.15) is 5.75 Å². The first-order chi connectivity index (χ1) is 11.6. The lowest BCUT2D eigenvalue weighted by Crippen LogP contribution is -2.57. The maximum atomic E-state index is 13.1. The Balaban J connectivity index is 1.71. The number of rotatable bonds is 4. The van der Waals surface area contributed by atoms with E-state index in [0.29, 0.717) is 18.9 Å². The topological polar surface area (TPSA) is 46.6 Å². The minimum absolute atomic E-state index is 0.0212. The number of hydrogen-bond acceptors (Lipinski definition) is 3. The Labute approximate surface area is 143 Å². The van der Waals surface area contributed by atoms with Crippen LogP contribution in [0.15, 0.2) is 24.3 Å². The molecule has 4 nitrogen and oxygen atoms in total. The van der Waals surface area contributed by atoms with Crippen LogP contribution in [0.4, 0.5) is 0 Å². The van der Waals surface area contributed by atoms with E-state index in [1.165, 1.54) is 0 Å². The van der Waals surface area contributed by atoms with Gasteiger partial charge in [0, 0.05) is 24.3 Å². The maximum Gasteiger partial charge on any atom is 0.233 e. The van der Waals surface area contributed by atoms with E-state index in [4.69, 9.17) is 4.74 Å². The summed E-state index contributed by atoms with van der Waals surface area (Å²) in [6.45, 7) is 0.641. The van der Waals surface area contributed by atoms with Crippen molar-refractivity contribution in [1.82, 2.24) is 4.90 Å². The Kier molecular flexibility index (Phi) is 3.86. The third-order valence-corrected chi connectivity index (χ3v) is 6.15. The second kappa shape index (κ2) is 5.91. The number of likely N-dealkylation sites (tertiary alicyclic amines) is 1. The average molecular weight is 327 g/mol. The molecule has 2 atom stereocenters. The highest BCUT2D eigenvalue weighted by atomic mass is 16.5. The number of imide groups is 1. The van der Waals surface area contributed by atoms with Crippen molar-refractivity contribution in [3.8, 4) is 5.75 Å². The van der Waals surface area contributed by atoms with Crippen LogP contribution in [0.2, 0.25) is 0 Å². The van der Waals surface area contributed by atoms with Gasteiger partial charge in [-0.15, -0.1) is 0 Å². The second-order valence-electron chi connectivity index (χ2n) is 7.65. The molecule has 0 N–H and O–H groups in total. The van der Waals surface area contributed by atoms with Crippen LogP contribution in [0.3, 0.4) is 0 Å². The molecule has 3 fully saturated rings. The standard InChI is InChI=1S/C20H25NO3/c1-24-16-6-4-5-15(11-16)20-10-3-2-7-17(20)19(23)21(18(22)12-20)13-14-8-9-14/h4-6,11,14,17H,2-3,7-10,12-13H2,1H3/t17-,20+/m0/s1. The number of hydrogen-bond donors (Lipinski definition) is 0. The second-order valence-corrected chi connectivity index (χ2v) is 7.65. The van der Waals surface area contributed by atoms with Crippen LogP contribution in [0.25, 0.3) is 0 Å². The molecular weight excluding hydrogens is 302 g/mol. The summed E-state index contributed by atoms with van der Waals surface area (Å²) >= 11 is 0. The van der Waals surface area contributed by atoms with Crippen molar-refractivity contribution in [3.05, 3.63) is 29.8 Å². The van der Waals surface area contributed by atoms with Crippen molar-refractivity contribution in [2.45, 2.75) is 50.4 Å². The molecule has 0 aromatic heterocycles. The summed E-state index contributed by atoms with van der Waals surface area (Å²) in [5, 5.41) is 0. The monoisotopic (exact) mass is 327 g/mol. The highest BCUT2D eigenvalue weighted by Gasteiger charge is 2.53. The molecule has 1 heterocycles. The summed E-state index contributed by atoms with van der Waals surface area (Å²) in [6.07, 6.45) is 6.74. The number of ether oxygens (including phenoxy) is 1. The van der Waals surface area contributed by atoms with E-state index in [-0.39, 0.29) is 23.1 Å². The van der Waals surface area contributed by atoms with Gasteiger partial charge in [0.25, 0.3) is 0 Å². The number of amides is 2. The van der Waals surface area contributed by atoms with Gasteiger partial charge < -0.3 is 4.74 Å². The molecule has 2 saturated carbocycles. The molecule has 24 heavy (non-hydrogen) atoms. The number of carbonyl (C=O) groups is 2. The fourth-order valence-corrected chi connectivity index (χ4v) is 4.62. The largest absolute Gasteiger partial charge is 0.497 e. The Bertz CT molecular complexity index is 667. The molecule has 2 amide bonds. The lowest BCUT2D eigenvalue weighted by atomic mass is 9.58. The summed E-state index contributed by atoms with van der Waals surface area (Å²) in [7, 11) is 1.66. The number of piperidine rings is 1. The molecule has 2 aliphatic carbocycles. The van der Waals surface area contributed by atoms with Crippen molar-refractivity contribution >= 4 is 11.8 Å². The maximum absolute atomic E-state index is 13.1. The number of carbonyl (C=O) groups excluding carboxylic acids is 2. The van der Waals surface area contributed by atoms with Gasteiger partial charge in [-0.2, -0.15) is 0 Å². The molecule has 3 aliphatic rings. The van der Waals surface area contributed by atoms with Crippen LogP contribution in [0, 0.1) is 11.8 Å². The fraction of sp³-hybridized carbons (Fsp3) is 0.600. The first kappa shape index (κ1) is 15.7. The first-order valence-electron chi connectivity index (χ1n) is 9.13. The van der Waals surface area contributed by atoms with Gasteiger partial charge in [-0.05, 0) is 49.3 Å². The Morgan fingerprint density at radius 3 is 2.79 bits per heavy atom. The summed E-state index contributed by atoms with van der Waals surface area (Å²) < 4.78 is 5.38. The van der Waals surface area contributed by atoms with E-state index in [1.807, 2.05) is 18.2 Å². The Hall–Kier alpha value is -1.84. The van der Waals surface area contributed by atoms with Gasteiger partial charge >= 0.3 is 0 Å². The molecule has 4 heteroatoms. The average Bonchev–Trinajstić information content (AvgIpc) is 3.43. The quantitative estimate of drug-likeness (QED) is 0.797. The molecule has 0 spiro atoms. The zero-order valence-electron chi connectivity index (χ0n) is 14.3. The van der Waals surface area contributed by atoms with E-state index < -0.39 is 0 Å². The SMILES string of the molecule is COc1cccc([C@]23CCCC[C@H]2C(=O)N(CC2CC2)C(=O)C3)c1. The van der Waals surface area contributed by atoms with E-state index in [1.54, 1.807) is 12.0 Å². The lowest BCUT2D eigenvalue weighted by Gasteiger charge is -2.49. The van der Waals surface area contributed by atoms with Gasteiger partial charge in [0.05, 0.1) is 7.11 Å². The van der Waals surface area contributed by atoms with Crippen molar-refractivity contribution in [1.29, 1.82) is 0 Å². The normalized spacial score (nSPS) is 30.2. The number of methoxy groups -OCH3 is 1. The van der Waals surface area contributed by atoms with Gasteiger partial charge in [0.2, 0.25) is 11.8 Å². The minimum atomic E-state index is -0.332. The third kappa shape index (κ3) is 2.52. The predicted octanol–water partition coefficient (Wildman–Crippen LogP) is 3.29. The van der Waals surface area contributed by atoms with E-state index >= 15 is 0 Å². The minimum Gasteiger partial charge on any atom is -0.497 e. The van der Waals surface area contributed by atoms with Gasteiger partial charge in [-0.25, -0.2) is 0 Å². The van der Waals surface area contributed by atoms with Crippen molar-refractivity contribution in [2.75, 3.05) is 13.7 Å². The zero-order chi connectivity index (χ0) is 16.7. The van der Waals surface area contributed by atoms with Crippen molar-refractivity contribution in [2.24, 2.45) is 11.8 Å². The highest BCUT2D eigenvalue weighted by Crippen LogP contribution is 2.50. The number of fused-ring (bicyclic) bond motifs is 1.